The lowest BCUT2D eigenvalue weighted by Gasteiger charge is -2.29. The summed E-state index contributed by atoms with van der Waals surface area (Å²) >= 11 is 0. The van der Waals surface area contributed by atoms with E-state index in [1.54, 1.807) is 46.1 Å². The molecule has 1 atom stereocenters. The van der Waals surface area contributed by atoms with Crippen LogP contribution < -0.4 is 10.1 Å². The number of rotatable bonds is 3. The number of nitrogens with one attached hydrogen (secondary N) is 1. The number of benzene rings is 1. The van der Waals surface area contributed by atoms with Gasteiger partial charge in [0.15, 0.2) is 5.54 Å². The fourth-order valence-electron chi connectivity index (χ4n) is 2.66. The Hall–Kier alpha value is -2.24. The number of carbonyl (C=O) groups excluding carboxylic acids is 1. The number of fused-ring (bicyclic) bond motifs is 1. The highest BCUT2D eigenvalue weighted by Crippen LogP contribution is 2.39. The summed E-state index contributed by atoms with van der Waals surface area (Å²) in [5.74, 6) is -0.431. The Kier molecular flexibility index (Phi) is 4.04. The smallest absolute Gasteiger partial charge is 0.408 e. The number of alkyl carbamates (subject to hydrolysis) is 1. The van der Waals surface area contributed by atoms with Gasteiger partial charge < -0.3 is 19.9 Å². The van der Waals surface area contributed by atoms with E-state index in [2.05, 4.69) is 5.32 Å². The average Bonchev–Trinajstić information content (AvgIpc) is 2.76. The van der Waals surface area contributed by atoms with Crippen molar-refractivity contribution in [2.24, 2.45) is 0 Å². The second-order valence-electron chi connectivity index (χ2n) is 6.36. The fourth-order valence-corrected chi connectivity index (χ4v) is 2.66. The summed E-state index contributed by atoms with van der Waals surface area (Å²) in [6.07, 6.45) is 0.0946. The zero-order chi connectivity index (χ0) is 16.5. The molecule has 0 aromatic heterocycles. The Balaban J connectivity index is 2.34. The van der Waals surface area contributed by atoms with E-state index in [1.165, 1.54) is 0 Å². The van der Waals surface area contributed by atoms with Crippen LogP contribution in [0.5, 0.6) is 5.75 Å². The van der Waals surface area contributed by atoms with Gasteiger partial charge in [0.25, 0.3) is 0 Å². The molecule has 0 spiro atoms. The van der Waals surface area contributed by atoms with Crippen molar-refractivity contribution in [2.45, 2.75) is 44.8 Å². The molecule has 2 N–H and O–H groups in total. The predicted molar refractivity (Wildman–Crippen MR) is 80.0 cm³/mol. The van der Waals surface area contributed by atoms with Crippen molar-refractivity contribution < 1.29 is 24.2 Å². The molecule has 0 saturated heterocycles. The van der Waals surface area contributed by atoms with Crippen LogP contribution in [0.3, 0.4) is 0 Å². The van der Waals surface area contributed by atoms with E-state index in [4.69, 9.17) is 9.47 Å². The van der Waals surface area contributed by atoms with Crippen LogP contribution in [-0.4, -0.2) is 29.9 Å². The molecule has 0 radical (unpaired) electrons. The Labute approximate surface area is 129 Å². The Bertz CT molecular complexity index is 605. The van der Waals surface area contributed by atoms with E-state index >= 15 is 0 Å². The quantitative estimate of drug-likeness (QED) is 0.896. The number of aryl methyl sites for hydroxylation is 1. The van der Waals surface area contributed by atoms with Crippen LogP contribution in [0, 0.1) is 0 Å². The van der Waals surface area contributed by atoms with Crippen molar-refractivity contribution in [1.82, 2.24) is 5.32 Å². The van der Waals surface area contributed by atoms with Gasteiger partial charge >= 0.3 is 12.1 Å². The van der Waals surface area contributed by atoms with Gasteiger partial charge in [-0.3, -0.25) is 0 Å². The molecular formula is C16H21NO5. The first-order valence-corrected chi connectivity index (χ1v) is 7.10. The molecule has 0 bridgehead atoms. The van der Waals surface area contributed by atoms with Gasteiger partial charge in [0.1, 0.15) is 11.4 Å². The molecule has 1 aliphatic rings. The molecule has 1 amide bonds. The number of methoxy groups -OCH3 is 1. The SMILES string of the molecule is COc1ccc2c(c1)CCC2(NC(=O)OC(C)(C)C)C(=O)O. The van der Waals surface area contributed by atoms with Crippen molar-refractivity contribution in [2.75, 3.05) is 7.11 Å². The van der Waals surface area contributed by atoms with E-state index in [0.29, 0.717) is 17.7 Å². The summed E-state index contributed by atoms with van der Waals surface area (Å²) in [6, 6.07) is 5.18. The summed E-state index contributed by atoms with van der Waals surface area (Å²) in [4.78, 5) is 23.9. The van der Waals surface area contributed by atoms with Crippen molar-refractivity contribution in [1.29, 1.82) is 0 Å². The predicted octanol–water partition coefficient (Wildman–Crippen LogP) is 2.45. The lowest BCUT2D eigenvalue weighted by molar-refractivity contribution is -0.145. The number of hydrogen-bond donors (Lipinski definition) is 2. The standard InChI is InChI=1S/C16H21NO5/c1-15(2,3)22-14(20)17-16(13(18)19)8-7-10-9-11(21-4)5-6-12(10)16/h5-6,9H,7-8H2,1-4H3,(H,17,20)(H,18,19). The molecule has 1 aliphatic carbocycles. The monoisotopic (exact) mass is 307 g/mol. The lowest BCUT2D eigenvalue weighted by Crippen LogP contribution is -2.51. The number of carbonyl (C=O) groups is 2. The third-order valence-corrected chi connectivity index (χ3v) is 3.62. The van der Waals surface area contributed by atoms with E-state index < -0.39 is 23.2 Å². The molecule has 1 unspecified atom stereocenters. The van der Waals surface area contributed by atoms with Crippen LogP contribution in [0.2, 0.25) is 0 Å². The van der Waals surface area contributed by atoms with Gasteiger partial charge in [0.05, 0.1) is 7.11 Å². The highest BCUT2D eigenvalue weighted by atomic mass is 16.6. The second-order valence-corrected chi connectivity index (χ2v) is 6.36. The molecule has 0 aliphatic heterocycles. The molecule has 1 aromatic carbocycles. The van der Waals surface area contributed by atoms with Crippen LogP contribution in [0.4, 0.5) is 4.79 Å². The number of ether oxygens (including phenoxy) is 2. The third-order valence-electron chi connectivity index (χ3n) is 3.62. The van der Waals surface area contributed by atoms with Crippen molar-refractivity contribution in [3.05, 3.63) is 29.3 Å². The molecule has 6 heteroatoms. The molecule has 22 heavy (non-hydrogen) atoms. The van der Waals surface area contributed by atoms with Crippen molar-refractivity contribution in [3.8, 4) is 5.75 Å². The minimum absolute atomic E-state index is 0.282. The summed E-state index contributed by atoms with van der Waals surface area (Å²) < 4.78 is 10.4. The zero-order valence-electron chi connectivity index (χ0n) is 13.2. The second kappa shape index (κ2) is 5.51. The van der Waals surface area contributed by atoms with Gasteiger partial charge in [-0.2, -0.15) is 0 Å². The van der Waals surface area contributed by atoms with Gasteiger partial charge in [-0.25, -0.2) is 9.59 Å². The number of aliphatic carboxylic acids is 1. The highest BCUT2D eigenvalue weighted by Gasteiger charge is 2.47. The third kappa shape index (κ3) is 3.00. The average molecular weight is 307 g/mol. The molecule has 0 heterocycles. The van der Waals surface area contributed by atoms with Crippen molar-refractivity contribution >= 4 is 12.1 Å². The topological polar surface area (TPSA) is 84.9 Å². The molecule has 0 fully saturated rings. The first kappa shape index (κ1) is 16.1. The lowest BCUT2D eigenvalue weighted by atomic mass is 9.92. The van der Waals surface area contributed by atoms with Crippen LogP contribution in [0.15, 0.2) is 18.2 Å². The zero-order valence-corrected chi connectivity index (χ0v) is 13.2. The number of carboxylic acids is 1. The summed E-state index contributed by atoms with van der Waals surface area (Å²) in [5, 5.41) is 12.2. The molecular weight excluding hydrogens is 286 g/mol. The van der Waals surface area contributed by atoms with E-state index in [1.807, 2.05) is 0 Å². The Morgan fingerprint density at radius 3 is 2.55 bits per heavy atom. The highest BCUT2D eigenvalue weighted by molar-refractivity contribution is 5.87. The Morgan fingerprint density at radius 1 is 1.32 bits per heavy atom. The van der Waals surface area contributed by atoms with Gasteiger partial charge in [0.2, 0.25) is 0 Å². The number of amides is 1. The van der Waals surface area contributed by atoms with Gasteiger partial charge in [-0.05, 0) is 56.9 Å². The fraction of sp³-hybridized carbons (Fsp3) is 0.500. The maximum atomic E-state index is 12.0. The largest absolute Gasteiger partial charge is 0.497 e. The normalized spacial score (nSPS) is 20.2. The molecule has 2 rings (SSSR count). The minimum Gasteiger partial charge on any atom is -0.497 e. The van der Waals surface area contributed by atoms with E-state index in [-0.39, 0.29) is 6.42 Å². The number of carboxylic acid groups (broad SMARTS) is 1. The van der Waals surface area contributed by atoms with Crippen LogP contribution in [0.1, 0.15) is 38.3 Å². The van der Waals surface area contributed by atoms with Crippen molar-refractivity contribution in [3.63, 3.8) is 0 Å². The maximum absolute atomic E-state index is 12.0. The minimum atomic E-state index is -1.45. The van der Waals surface area contributed by atoms with Crippen LogP contribution in [-0.2, 0) is 21.5 Å². The molecule has 0 saturated carbocycles. The Morgan fingerprint density at radius 2 is 2.00 bits per heavy atom. The summed E-state index contributed by atoms with van der Waals surface area (Å²) in [6.45, 7) is 5.19. The summed E-state index contributed by atoms with van der Waals surface area (Å²) in [7, 11) is 1.56. The van der Waals surface area contributed by atoms with E-state index in [9.17, 15) is 14.7 Å². The van der Waals surface area contributed by atoms with E-state index in [0.717, 1.165) is 5.56 Å². The van der Waals surface area contributed by atoms with Crippen LogP contribution in [0.25, 0.3) is 0 Å². The first-order valence-electron chi connectivity index (χ1n) is 7.10. The van der Waals surface area contributed by atoms with Crippen LogP contribution >= 0.6 is 0 Å². The molecule has 1 aromatic rings. The first-order chi connectivity index (χ1) is 10.2. The molecule has 120 valence electrons. The van der Waals surface area contributed by atoms with Gasteiger partial charge in [0, 0.05) is 0 Å². The van der Waals surface area contributed by atoms with Gasteiger partial charge in [-0.15, -0.1) is 0 Å². The maximum Gasteiger partial charge on any atom is 0.408 e. The summed E-state index contributed by atoms with van der Waals surface area (Å²) in [5.41, 5.74) is -0.709. The van der Waals surface area contributed by atoms with Gasteiger partial charge in [-0.1, -0.05) is 6.07 Å². The number of hydrogen-bond acceptors (Lipinski definition) is 4. The molecule has 6 nitrogen and oxygen atoms in total.